The van der Waals surface area contributed by atoms with Crippen molar-refractivity contribution in [3.05, 3.63) is 30.3 Å². The Labute approximate surface area is 68.8 Å². The molecule has 10 heavy (non-hydrogen) atoms. The van der Waals surface area contributed by atoms with Crippen LogP contribution in [0.2, 0.25) is 4.68 Å². The van der Waals surface area contributed by atoms with Crippen molar-refractivity contribution in [3.63, 3.8) is 0 Å². The molecule has 3 heteroatoms. The van der Waals surface area contributed by atoms with E-state index >= 15 is 0 Å². The fourth-order valence-electron chi connectivity index (χ4n) is 0.687. The van der Waals surface area contributed by atoms with E-state index in [0.717, 1.165) is 0 Å². The third kappa shape index (κ3) is 2.60. The van der Waals surface area contributed by atoms with E-state index in [1.165, 1.54) is 0 Å². The van der Waals surface area contributed by atoms with Crippen LogP contribution in [0.3, 0.4) is 0 Å². The average Bonchev–Trinajstić information content (AvgIpc) is 1.88. The molecular weight excluding hydrogens is 234 g/mol. The number of para-hydroxylation sites is 1. The molecule has 0 spiro atoms. The SMILES string of the molecule is [CH3][In]([F])[O]c1ccccc1. The Hall–Kier alpha value is -0.180. The van der Waals surface area contributed by atoms with Gasteiger partial charge in [-0.05, 0) is 0 Å². The zero-order valence-corrected chi connectivity index (χ0v) is 9.05. The van der Waals surface area contributed by atoms with Gasteiger partial charge in [-0.15, -0.1) is 0 Å². The van der Waals surface area contributed by atoms with E-state index in [9.17, 15) is 2.66 Å². The number of hydrogen-bond donors (Lipinski definition) is 0. The minimum atomic E-state index is -2.99. The summed E-state index contributed by atoms with van der Waals surface area (Å²) in [6, 6.07) is 9.10. The fraction of sp³-hybridized carbons (Fsp3) is 0.143. The fourth-order valence-corrected chi connectivity index (χ4v) is 2.21. The van der Waals surface area contributed by atoms with Crippen LogP contribution in [-0.2, 0) is 0 Å². The minimum absolute atomic E-state index is 0.660. The van der Waals surface area contributed by atoms with Gasteiger partial charge in [0.05, 0.1) is 0 Å². The van der Waals surface area contributed by atoms with Crippen molar-refractivity contribution >= 4 is 22.5 Å². The molecule has 0 radical (unpaired) electrons. The van der Waals surface area contributed by atoms with Crippen LogP contribution >= 0.6 is 0 Å². The van der Waals surface area contributed by atoms with Gasteiger partial charge in [0.1, 0.15) is 0 Å². The van der Waals surface area contributed by atoms with Crippen LogP contribution in [0.15, 0.2) is 30.3 Å². The first-order valence-electron chi connectivity index (χ1n) is 3.15. The van der Waals surface area contributed by atoms with E-state index in [2.05, 4.69) is 0 Å². The van der Waals surface area contributed by atoms with Crippen molar-refractivity contribution in [2.45, 2.75) is 4.68 Å². The van der Waals surface area contributed by atoms with Gasteiger partial charge in [0.15, 0.2) is 0 Å². The van der Waals surface area contributed by atoms with Gasteiger partial charge in [-0.25, -0.2) is 0 Å². The summed E-state index contributed by atoms with van der Waals surface area (Å²) in [7, 11) is 0. The first-order chi connectivity index (χ1) is 4.79. The summed E-state index contributed by atoms with van der Waals surface area (Å²) >= 11 is -2.99. The molecule has 0 heterocycles. The Morgan fingerprint density at radius 2 is 1.90 bits per heavy atom. The molecule has 0 saturated carbocycles. The summed E-state index contributed by atoms with van der Waals surface area (Å²) in [5.41, 5.74) is 0. The van der Waals surface area contributed by atoms with Crippen LogP contribution < -0.4 is 2.85 Å². The maximum absolute atomic E-state index is 12.4. The summed E-state index contributed by atoms with van der Waals surface area (Å²) < 4.78 is 18.9. The molecule has 0 aliphatic heterocycles. The van der Waals surface area contributed by atoms with Crippen LogP contribution in [0, 0.1) is 0 Å². The Balaban J connectivity index is 2.59. The van der Waals surface area contributed by atoms with Crippen LogP contribution in [0.25, 0.3) is 0 Å². The van der Waals surface area contributed by atoms with Crippen molar-refractivity contribution in [2.75, 3.05) is 0 Å². The zero-order chi connectivity index (χ0) is 7.40. The number of hydrogen-bond acceptors (Lipinski definition) is 1. The Morgan fingerprint density at radius 1 is 1.30 bits per heavy atom. The van der Waals surface area contributed by atoms with Gasteiger partial charge in [-0.1, -0.05) is 0 Å². The summed E-state index contributed by atoms with van der Waals surface area (Å²) in [5.74, 6) is 0.660. The zero-order valence-electron chi connectivity index (χ0n) is 5.75. The molecule has 0 bridgehead atoms. The van der Waals surface area contributed by atoms with Crippen molar-refractivity contribution in [1.82, 2.24) is 0 Å². The molecule has 0 aliphatic rings. The number of benzene rings is 1. The molecule has 1 rings (SSSR count). The second kappa shape index (κ2) is 3.86. The van der Waals surface area contributed by atoms with Gasteiger partial charge in [-0.2, -0.15) is 0 Å². The molecule has 0 aromatic heterocycles. The van der Waals surface area contributed by atoms with E-state index in [1.807, 2.05) is 18.2 Å². The second-order valence-electron chi connectivity index (χ2n) is 1.97. The third-order valence-electron chi connectivity index (χ3n) is 1.04. The Kier molecular flexibility index (Phi) is 3.06. The van der Waals surface area contributed by atoms with Gasteiger partial charge in [0.25, 0.3) is 0 Å². The van der Waals surface area contributed by atoms with Crippen molar-refractivity contribution in [1.29, 1.82) is 0 Å². The molecule has 0 saturated heterocycles. The first-order valence-corrected chi connectivity index (χ1v) is 9.03. The maximum atomic E-state index is 12.4. The van der Waals surface area contributed by atoms with Crippen molar-refractivity contribution in [2.24, 2.45) is 0 Å². The van der Waals surface area contributed by atoms with E-state index < -0.39 is 22.5 Å². The topological polar surface area (TPSA) is 9.23 Å². The predicted molar refractivity (Wildman–Crippen MR) is 39.8 cm³/mol. The van der Waals surface area contributed by atoms with Crippen LogP contribution in [0.1, 0.15) is 0 Å². The predicted octanol–water partition coefficient (Wildman–Crippen LogP) is 2.15. The second-order valence-corrected chi connectivity index (χ2v) is 5.75. The molecule has 0 unspecified atom stereocenters. The molecule has 0 atom stereocenters. The van der Waals surface area contributed by atoms with E-state index in [1.54, 1.807) is 16.8 Å². The van der Waals surface area contributed by atoms with E-state index in [4.69, 9.17) is 2.85 Å². The van der Waals surface area contributed by atoms with Crippen LogP contribution in [-0.4, -0.2) is 22.5 Å². The molecule has 52 valence electrons. The van der Waals surface area contributed by atoms with Crippen molar-refractivity contribution < 1.29 is 5.52 Å². The van der Waals surface area contributed by atoms with Gasteiger partial charge < -0.3 is 0 Å². The summed E-state index contributed by atoms with van der Waals surface area (Å²) in [6.07, 6.45) is 0. The molecule has 1 nitrogen and oxygen atoms in total. The third-order valence-corrected chi connectivity index (χ3v) is 2.75. The normalized spacial score (nSPS) is 9.00. The molecule has 0 amide bonds. The monoisotopic (exact) mass is 242 g/mol. The number of rotatable bonds is 2. The quantitative estimate of drug-likeness (QED) is 0.771. The molecule has 1 aromatic carbocycles. The molecule has 0 fully saturated rings. The van der Waals surface area contributed by atoms with Crippen LogP contribution in [0.5, 0.6) is 5.75 Å². The molecular formula is C7H8FInO. The summed E-state index contributed by atoms with van der Waals surface area (Å²) in [4.78, 5) is 0. The molecule has 1 aromatic rings. The summed E-state index contributed by atoms with van der Waals surface area (Å²) in [6.45, 7) is 0. The van der Waals surface area contributed by atoms with Crippen LogP contribution in [0.4, 0.5) is 2.66 Å². The number of halogens is 1. The van der Waals surface area contributed by atoms with Gasteiger partial charge in [-0.3, -0.25) is 0 Å². The first kappa shape index (κ1) is 7.92. The Bertz CT molecular complexity index is 188. The average molecular weight is 242 g/mol. The molecule has 0 aliphatic carbocycles. The van der Waals surface area contributed by atoms with E-state index in [-0.39, 0.29) is 0 Å². The van der Waals surface area contributed by atoms with Gasteiger partial charge in [0.2, 0.25) is 0 Å². The Morgan fingerprint density at radius 3 is 2.40 bits per heavy atom. The standard InChI is InChI=1S/C6H6O.CH3.FH.In/c7-6-4-2-1-3-5-6;;;/h1-5,7H;1H3;1H;/q;;;+2/p-2. The van der Waals surface area contributed by atoms with Crippen molar-refractivity contribution in [3.8, 4) is 5.75 Å². The van der Waals surface area contributed by atoms with Gasteiger partial charge >= 0.3 is 68.8 Å². The van der Waals surface area contributed by atoms with Gasteiger partial charge in [0, 0.05) is 0 Å². The van der Waals surface area contributed by atoms with E-state index in [0.29, 0.717) is 5.75 Å². The summed E-state index contributed by atoms with van der Waals surface area (Å²) in [5, 5.41) is 0. The molecule has 0 N–H and O–H groups in total.